The normalized spacial score (nSPS) is 15.2. The van der Waals surface area contributed by atoms with Crippen LogP contribution in [0, 0.1) is 5.92 Å². The Labute approximate surface area is 218 Å². The van der Waals surface area contributed by atoms with Gasteiger partial charge in [-0.2, -0.15) is 0 Å². The molecule has 2 heterocycles. The fourth-order valence-electron chi connectivity index (χ4n) is 4.89. The van der Waals surface area contributed by atoms with Crippen LogP contribution in [-0.4, -0.2) is 41.0 Å². The van der Waals surface area contributed by atoms with Crippen molar-refractivity contribution in [1.29, 1.82) is 0 Å². The van der Waals surface area contributed by atoms with Gasteiger partial charge in [0.2, 0.25) is 5.91 Å². The molecule has 1 N–H and O–H groups in total. The number of nitrogens with zero attached hydrogens (tertiary/aromatic N) is 3. The summed E-state index contributed by atoms with van der Waals surface area (Å²) in [7, 11) is 1.68. The molecule has 1 saturated heterocycles. The molecule has 1 unspecified atom stereocenters. The van der Waals surface area contributed by atoms with Gasteiger partial charge in [0.1, 0.15) is 5.75 Å². The number of methoxy groups -OCH3 is 1. The molecule has 0 saturated carbocycles. The standard InChI is InChI=1S/C31H32N4O2/c1-37-28-13-7-23(8-14-28)22-35-19-15-27(16-20-35)31(36)34-30(29-21-32-17-18-33-29)26-11-9-25(10-12-26)24-5-3-2-4-6-24/h2-14,17-18,21,27,30H,15-16,19-20,22H2,1H3,(H,34,36). The SMILES string of the molecule is COc1ccc(CN2CCC(C(=O)NC(c3ccc(-c4ccccc4)cc3)c3cnccn3)CC2)cc1. The number of hydrogen-bond acceptors (Lipinski definition) is 5. The molecule has 1 aliphatic rings. The van der Waals surface area contributed by atoms with E-state index in [1.807, 2.05) is 30.3 Å². The number of hydrogen-bond donors (Lipinski definition) is 1. The highest BCUT2D eigenvalue weighted by atomic mass is 16.5. The number of likely N-dealkylation sites (tertiary alicyclic amines) is 1. The fraction of sp³-hybridized carbons (Fsp3) is 0.258. The number of nitrogens with one attached hydrogen (secondary N) is 1. The number of ether oxygens (including phenoxy) is 1. The monoisotopic (exact) mass is 492 g/mol. The lowest BCUT2D eigenvalue weighted by atomic mass is 9.94. The molecule has 188 valence electrons. The van der Waals surface area contributed by atoms with Crippen LogP contribution in [-0.2, 0) is 11.3 Å². The van der Waals surface area contributed by atoms with Gasteiger partial charge < -0.3 is 10.1 Å². The third-order valence-corrected chi connectivity index (χ3v) is 7.04. The van der Waals surface area contributed by atoms with Crippen molar-refractivity contribution in [2.24, 2.45) is 5.92 Å². The van der Waals surface area contributed by atoms with E-state index in [0.29, 0.717) is 0 Å². The molecule has 6 heteroatoms. The van der Waals surface area contributed by atoms with Crippen molar-refractivity contribution in [2.75, 3.05) is 20.2 Å². The van der Waals surface area contributed by atoms with E-state index < -0.39 is 0 Å². The van der Waals surface area contributed by atoms with Crippen molar-refractivity contribution < 1.29 is 9.53 Å². The Morgan fingerprint density at radius 3 is 2.30 bits per heavy atom. The van der Waals surface area contributed by atoms with Crippen LogP contribution < -0.4 is 10.1 Å². The van der Waals surface area contributed by atoms with E-state index in [4.69, 9.17) is 4.74 Å². The third kappa shape index (κ3) is 6.22. The predicted molar refractivity (Wildman–Crippen MR) is 145 cm³/mol. The maximum atomic E-state index is 13.4. The van der Waals surface area contributed by atoms with Gasteiger partial charge >= 0.3 is 0 Å². The van der Waals surface area contributed by atoms with Crippen molar-refractivity contribution in [3.63, 3.8) is 0 Å². The van der Waals surface area contributed by atoms with Gasteiger partial charge in [0.15, 0.2) is 0 Å². The Bertz CT molecular complexity index is 1270. The summed E-state index contributed by atoms with van der Waals surface area (Å²) in [5, 5.41) is 3.28. The molecule has 6 nitrogen and oxygen atoms in total. The van der Waals surface area contributed by atoms with E-state index in [-0.39, 0.29) is 17.9 Å². The first-order chi connectivity index (χ1) is 18.2. The summed E-state index contributed by atoms with van der Waals surface area (Å²) in [6.45, 7) is 2.67. The van der Waals surface area contributed by atoms with Crippen LogP contribution in [0.25, 0.3) is 11.1 Å². The smallest absolute Gasteiger partial charge is 0.224 e. The van der Waals surface area contributed by atoms with E-state index in [1.165, 1.54) is 5.56 Å². The van der Waals surface area contributed by atoms with Gasteiger partial charge in [-0.1, -0.05) is 66.7 Å². The lowest BCUT2D eigenvalue weighted by Crippen LogP contribution is -2.41. The van der Waals surface area contributed by atoms with Crippen molar-refractivity contribution in [3.05, 3.63) is 114 Å². The molecule has 0 bridgehead atoms. The van der Waals surface area contributed by atoms with Gasteiger partial charge in [-0.05, 0) is 60.3 Å². The summed E-state index contributed by atoms with van der Waals surface area (Å²) in [4.78, 5) is 24.6. The number of benzene rings is 3. The molecule has 1 aliphatic heterocycles. The molecule has 0 radical (unpaired) electrons. The lowest BCUT2D eigenvalue weighted by molar-refractivity contribution is -0.127. The summed E-state index contributed by atoms with van der Waals surface area (Å²) in [5.74, 6) is 0.924. The highest BCUT2D eigenvalue weighted by molar-refractivity contribution is 5.79. The first kappa shape index (κ1) is 24.7. The Kier molecular flexibility index (Phi) is 7.87. The molecule has 0 aliphatic carbocycles. The second-order valence-electron chi connectivity index (χ2n) is 9.46. The second-order valence-corrected chi connectivity index (χ2v) is 9.46. The van der Waals surface area contributed by atoms with Crippen LogP contribution >= 0.6 is 0 Å². The Morgan fingerprint density at radius 1 is 0.946 bits per heavy atom. The molecule has 1 aromatic heterocycles. The average molecular weight is 493 g/mol. The number of piperidine rings is 1. The molecular weight excluding hydrogens is 460 g/mol. The van der Waals surface area contributed by atoms with Crippen LogP contribution in [0.3, 0.4) is 0 Å². The zero-order chi connectivity index (χ0) is 25.5. The molecule has 37 heavy (non-hydrogen) atoms. The van der Waals surface area contributed by atoms with Gasteiger partial charge in [0, 0.05) is 24.9 Å². The summed E-state index contributed by atoms with van der Waals surface area (Å²) in [6.07, 6.45) is 6.72. The Balaban J connectivity index is 1.24. The van der Waals surface area contributed by atoms with E-state index in [0.717, 1.165) is 60.6 Å². The summed E-state index contributed by atoms with van der Waals surface area (Å²) in [6, 6.07) is 26.5. The first-order valence-electron chi connectivity index (χ1n) is 12.8. The summed E-state index contributed by atoms with van der Waals surface area (Å²) < 4.78 is 5.25. The van der Waals surface area contributed by atoms with Crippen LogP contribution in [0.4, 0.5) is 0 Å². The maximum Gasteiger partial charge on any atom is 0.224 e. The minimum absolute atomic E-state index is 0.0186. The van der Waals surface area contributed by atoms with Gasteiger partial charge in [-0.15, -0.1) is 0 Å². The number of carbonyl (C=O) groups excluding carboxylic acids is 1. The molecule has 3 aromatic carbocycles. The average Bonchev–Trinajstić information content (AvgIpc) is 2.97. The highest BCUT2D eigenvalue weighted by Gasteiger charge is 2.28. The van der Waals surface area contributed by atoms with Gasteiger partial charge in [0.05, 0.1) is 25.0 Å². The number of carbonyl (C=O) groups is 1. The lowest BCUT2D eigenvalue weighted by Gasteiger charge is -2.32. The van der Waals surface area contributed by atoms with Crippen molar-refractivity contribution in [1.82, 2.24) is 20.2 Å². The topological polar surface area (TPSA) is 67.3 Å². The summed E-state index contributed by atoms with van der Waals surface area (Å²) in [5.41, 5.74) is 5.28. The minimum Gasteiger partial charge on any atom is -0.497 e. The molecular formula is C31H32N4O2. The largest absolute Gasteiger partial charge is 0.497 e. The quantitative estimate of drug-likeness (QED) is 0.363. The number of rotatable bonds is 8. The van der Waals surface area contributed by atoms with Crippen molar-refractivity contribution >= 4 is 5.91 Å². The zero-order valence-corrected chi connectivity index (χ0v) is 21.1. The van der Waals surface area contributed by atoms with E-state index in [9.17, 15) is 4.79 Å². The van der Waals surface area contributed by atoms with Gasteiger partial charge in [0.25, 0.3) is 0 Å². The van der Waals surface area contributed by atoms with Crippen molar-refractivity contribution in [2.45, 2.75) is 25.4 Å². The molecule has 5 rings (SSSR count). The number of aromatic nitrogens is 2. The second kappa shape index (κ2) is 11.8. The number of amides is 1. The van der Waals surface area contributed by atoms with Crippen LogP contribution in [0.1, 0.15) is 35.7 Å². The maximum absolute atomic E-state index is 13.4. The van der Waals surface area contributed by atoms with Crippen LogP contribution in [0.2, 0.25) is 0 Å². The predicted octanol–water partition coefficient (Wildman–Crippen LogP) is 5.27. The molecule has 1 atom stereocenters. The Morgan fingerprint density at radius 2 is 1.65 bits per heavy atom. The fourth-order valence-corrected chi connectivity index (χ4v) is 4.89. The van der Waals surface area contributed by atoms with E-state index in [1.54, 1.807) is 25.7 Å². The Hall–Kier alpha value is -4.03. The highest BCUT2D eigenvalue weighted by Crippen LogP contribution is 2.27. The zero-order valence-electron chi connectivity index (χ0n) is 21.1. The minimum atomic E-state index is -0.344. The van der Waals surface area contributed by atoms with Crippen molar-refractivity contribution in [3.8, 4) is 16.9 Å². The van der Waals surface area contributed by atoms with E-state index in [2.05, 4.69) is 68.7 Å². The van der Waals surface area contributed by atoms with Crippen LogP contribution in [0.5, 0.6) is 5.75 Å². The molecule has 1 fully saturated rings. The molecule has 0 spiro atoms. The summed E-state index contributed by atoms with van der Waals surface area (Å²) >= 11 is 0. The molecule has 1 amide bonds. The molecule has 4 aromatic rings. The third-order valence-electron chi connectivity index (χ3n) is 7.04. The van der Waals surface area contributed by atoms with Crippen LogP contribution in [0.15, 0.2) is 97.5 Å². The van der Waals surface area contributed by atoms with Gasteiger partial charge in [-0.3, -0.25) is 19.7 Å². The van der Waals surface area contributed by atoms with Gasteiger partial charge in [-0.25, -0.2) is 0 Å². The first-order valence-corrected chi connectivity index (χ1v) is 12.8. The van der Waals surface area contributed by atoms with E-state index >= 15 is 0 Å².